The number of fused-ring (bicyclic) bond motifs is 7. The van der Waals surface area contributed by atoms with Crippen molar-refractivity contribution in [1.29, 1.82) is 5.26 Å². The SMILES string of the molecule is CC1(C)CC[C@]2(C(=O)n3cnc(-c4ccccc4)c3)CC[C@]3(C)[C@H](C(=O)C=C4[C@@]5(C)C=C(C#N)C(=O)C(C)(C)C5CC[C@]43C)C2C1. The molecule has 46 heavy (non-hydrogen) atoms. The fourth-order valence-electron chi connectivity index (χ4n) is 11.5. The fraction of sp³-hybridized carbons (Fsp3) is 0.575. The number of ketones is 2. The van der Waals surface area contributed by atoms with Gasteiger partial charge in [0, 0.05) is 28.5 Å². The van der Waals surface area contributed by atoms with E-state index in [1.165, 1.54) is 0 Å². The molecule has 6 nitrogen and oxygen atoms in total. The highest BCUT2D eigenvalue weighted by atomic mass is 16.2. The number of hydrogen-bond acceptors (Lipinski definition) is 5. The summed E-state index contributed by atoms with van der Waals surface area (Å²) in [6, 6.07) is 12.1. The number of carbonyl (C=O) groups is 3. The molecule has 1 aromatic heterocycles. The highest BCUT2D eigenvalue weighted by Gasteiger charge is 2.71. The second-order valence-corrected chi connectivity index (χ2v) is 17.3. The average molecular weight is 618 g/mol. The summed E-state index contributed by atoms with van der Waals surface area (Å²) in [4.78, 5) is 47.6. The number of allylic oxidation sites excluding steroid dienone is 4. The number of hydrogen-bond donors (Lipinski definition) is 0. The van der Waals surface area contributed by atoms with Crippen LogP contribution in [0.25, 0.3) is 11.3 Å². The molecule has 2 aromatic rings. The normalized spacial score (nSPS) is 39.0. The minimum atomic E-state index is -0.692. The predicted molar refractivity (Wildman–Crippen MR) is 177 cm³/mol. The Kier molecular flexibility index (Phi) is 6.56. The molecule has 1 heterocycles. The predicted octanol–water partition coefficient (Wildman–Crippen LogP) is 8.41. The zero-order valence-corrected chi connectivity index (χ0v) is 28.4. The molecule has 3 saturated carbocycles. The summed E-state index contributed by atoms with van der Waals surface area (Å²) in [6.07, 6.45) is 13.1. The third-order valence-corrected chi connectivity index (χ3v) is 14.2. The molecular weight excluding hydrogens is 570 g/mol. The van der Waals surface area contributed by atoms with Gasteiger partial charge in [0.2, 0.25) is 5.91 Å². The molecular formula is C40H47N3O3. The Hall–Kier alpha value is -3.59. The van der Waals surface area contributed by atoms with Crippen LogP contribution in [-0.2, 0) is 9.59 Å². The lowest BCUT2D eigenvalue weighted by atomic mass is 9.34. The second-order valence-electron chi connectivity index (χ2n) is 17.3. The van der Waals surface area contributed by atoms with Gasteiger partial charge in [0.25, 0.3) is 0 Å². The van der Waals surface area contributed by atoms with E-state index in [1.54, 1.807) is 10.9 Å². The fourth-order valence-corrected chi connectivity index (χ4v) is 11.5. The number of Topliss-reactive ketones (excluding diaryl/α,β-unsaturated/α-hetero) is 1. The minimum absolute atomic E-state index is 0.00907. The van der Waals surface area contributed by atoms with E-state index in [0.29, 0.717) is 0 Å². The number of nitrogens with zero attached hydrogens (tertiary/aromatic N) is 3. The van der Waals surface area contributed by atoms with E-state index >= 15 is 0 Å². The number of benzene rings is 1. The summed E-state index contributed by atoms with van der Waals surface area (Å²) < 4.78 is 1.70. The highest BCUT2D eigenvalue weighted by molar-refractivity contribution is 6.04. The zero-order chi connectivity index (χ0) is 33.1. The van der Waals surface area contributed by atoms with Crippen molar-refractivity contribution >= 4 is 17.5 Å². The number of carbonyl (C=O) groups excluding carboxylic acids is 3. The van der Waals surface area contributed by atoms with Crippen molar-refractivity contribution in [3.8, 4) is 17.3 Å². The summed E-state index contributed by atoms with van der Waals surface area (Å²) >= 11 is 0. The summed E-state index contributed by atoms with van der Waals surface area (Å²) in [5.74, 6) is -0.264. The van der Waals surface area contributed by atoms with Crippen LogP contribution in [-0.4, -0.2) is 27.0 Å². The van der Waals surface area contributed by atoms with E-state index in [0.717, 1.165) is 61.8 Å². The molecule has 0 N–H and O–H groups in total. The molecule has 0 spiro atoms. The second kappa shape index (κ2) is 9.72. The van der Waals surface area contributed by atoms with E-state index in [1.807, 2.05) is 62.5 Å². The molecule has 5 aliphatic rings. The van der Waals surface area contributed by atoms with E-state index in [4.69, 9.17) is 0 Å². The van der Waals surface area contributed by atoms with Crippen LogP contribution in [0, 0.1) is 61.6 Å². The number of aromatic nitrogens is 2. The first-order chi connectivity index (χ1) is 21.5. The number of rotatable bonds is 2. The molecule has 2 unspecified atom stereocenters. The quantitative estimate of drug-likeness (QED) is 0.337. The van der Waals surface area contributed by atoms with Gasteiger partial charge in [-0.1, -0.05) is 90.4 Å². The molecule has 0 saturated heterocycles. The molecule has 7 atom stereocenters. The maximum Gasteiger partial charge on any atom is 0.238 e. The van der Waals surface area contributed by atoms with Gasteiger partial charge in [-0.15, -0.1) is 0 Å². The standard InChI is InChI=1S/C40H47N3O3/c1-35(2)15-17-40(34(46)43-23-28(42-24-43)25-11-9-8-10-12-25)18-16-39(7)32(27(40)21-35)29(44)19-31-37(5)20-26(22-41)33(45)36(3,4)30(37)13-14-38(31,39)6/h8-12,19-20,23-24,27,30,32H,13-18,21H2,1-7H3/t27?,30?,32-,37-,38+,39+,40-/m0/s1. The number of nitriles is 1. The topological polar surface area (TPSA) is 92.8 Å². The molecule has 7 rings (SSSR count). The zero-order valence-electron chi connectivity index (χ0n) is 28.4. The Bertz CT molecular complexity index is 1770. The Labute approximate surface area is 273 Å². The van der Waals surface area contributed by atoms with Gasteiger partial charge in [-0.05, 0) is 79.1 Å². The van der Waals surface area contributed by atoms with Gasteiger partial charge in [-0.2, -0.15) is 5.26 Å². The molecule has 0 bridgehead atoms. The van der Waals surface area contributed by atoms with Gasteiger partial charge in [-0.25, -0.2) is 4.98 Å². The van der Waals surface area contributed by atoms with Gasteiger partial charge in [0.05, 0.1) is 16.7 Å². The van der Waals surface area contributed by atoms with Crippen molar-refractivity contribution < 1.29 is 14.4 Å². The number of imidazole rings is 1. The smallest absolute Gasteiger partial charge is 0.238 e. The lowest BCUT2D eigenvalue weighted by Gasteiger charge is -2.69. The van der Waals surface area contributed by atoms with Crippen molar-refractivity contribution in [2.24, 2.45) is 50.2 Å². The molecule has 6 heteroatoms. The van der Waals surface area contributed by atoms with Crippen LogP contribution in [0.1, 0.15) is 98.2 Å². The third kappa shape index (κ3) is 3.93. The summed E-state index contributed by atoms with van der Waals surface area (Å²) in [6.45, 7) is 15.4. The van der Waals surface area contributed by atoms with Gasteiger partial charge in [-0.3, -0.25) is 19.0 Å². The first-order valence-electron chi connectivity index (χ1n) is 17.1. The lowest BCUT2D eigenvalue weighted by molar-refractivity contribution is -0.164. The Morgan fingerprint density at radius 2 is 1.65 bits per heavy atom. The summed E-state index contributed by atoms with van der Waals surface area (Å²) in [5, 5.41) is 10.0. The van der Waals surface area contributed by atoms with E-state index in [2.05, 4.69) is 45.7 Å². The maximum absolute atomic E-state index is 14.8. The van der Waals surface area contributed by atoms with Gasteiger partial charge in [0.15, 0.2) is 11.6 Å². The maximum atomic E-state index is 14.8. The van der Waals surface area contributed by atoms with Gasteiger partial charge in [0.1, 0.15) is 12.4 Å². The van der Waals surface area contributed by atoms with Crippen LogP contribution < -0.4 is 0 Å². The van der Waals surface area contributed by atoms with Crippen LogP contribution in [0.5, 0.6) is 0 Å². The molecule has 0 aliphatic heterocycles. The van der Waals surface area contributed by atoms with E-state index < -0.39 is 16.2 Å². The molecule has 5 aliphatic carbocycles. The van der Waals surface area contributed by atoms with Crippen molar-refractivity contribution in [1.82, 2.24) is 9.55 Å². The van der Waals surface area contributed by atoms with Crippen LogP contribution in [0.2, 0.25) is 0 Å². The minimum Gasteiger partial charge on any atom is -0.295 e. The van der Waals surface area contributed by atoms with E-state index in [-0.39, 0.29) is 57.0 Å². The van der Waals surface area contributed by atoms with Crippen LogP contribution in [0.3, 0.4) is 0 Å². The molecule has 0 amide bonds. The van der Waals surface area contributed by atoms with Gasteiger partial charge < -0.3 is 0 Å². The Morgan fingerprint density at radius 1 is 0.957 bits per heavy atom. The van der Waals surface area contributed by atoms with Crippen molar-refractivity contribution in [2.45, 2.75) is 93.4 Å². The first kappa shape index (κ1) is 31.0. The summed E-state index contributed by atoms with van der Waals surface area (Å²) in [7, 11) is 0. The van der Waals surface area contributed by atoms with Crippen LogP contribution in [0.4, 0.5) is 0 Å². The van der Waals surface area contributed by atoms with E-state index in [9.17, 15) is 19.6 Å². The molecule has 3 fully saturated rings. The van der Waals surface area contributed by atoms with Crippen LogP contribution >= 0.6 is 0 Å². The van der Waals surface area contributed by atoms with Crippen molar-refractivity contribution in [2.75, 3.05) is 0 Å². The molecule has 1 aromatic carbocycles. The Morgan fingerprint density at radius 3 is 2.35 bits per heavy atom. The highest BCUT2D eigenvalue weighted by Crippen LogP contribution is 2.74. The summed E-state index contributed by atoms with van der Waals surface area (Å²) in [5.41, 5.74) is 0.498. The lowest BCUT2D eigenvalue weighted by Crippen LogP contribution is -2.66. The molecule has 0 radical (unpaired) electrons. The van der Waals surface area contributed by atoms with Crippen LogP contribution in [0.15, 0.2) is 66.2 Å². The van der Waals surface area contributed by atoms with Crippen molar-refractivity contribution in [3.63, 3.8) is 0 Å². The first-order valence-corrected chi connectivity index (χ1v) is 17.1. The largest absolute Gasteiger partial charge is 0.295 e. The average Bonchev–Trinajstić information content (AvgIpc) is 3.50. The third-order valence-electron chi connectivity index (χ3n) is 14.2. The Balaban J connectivity index is 1.34. The molecule has 240 valence electrons. The van der Waals surface area contributed by atoms with Gasteiger partial charge >= 0.3 is 0 Å². The monoisotopic (exact) mass is 617 g/mol. The van der Waals surface area contributed by atoms with Crippen molar-refractivity contribution in [3.05, 3.63) is 66.2 Å².